The molecule has 22 heavy (non-hydrogen) atoms. The van der Waals surface area contributed by atoms with Crippen molar-refractivity contribution in [2.24, 2.45) is 5.10 Å². The molecule has 0 unspecified atom stereocenters. The van der Waals surface area contributed by atoms with Gasteiger partial charge in [-0.2, -0.15) is 5.10 Å². The van der Waals surface area contributed by atoms with Gasteiger partial charge < -0.3 is 0 Å². The van der Waals surface area contributed by atoms with Crippen LogP contribution in [-0.2, 0) is 5.41 Å². The SMILES string of the molecule is C/C(=N/NC(=O)c1ccc(C(C)(C)C)cc1)c1ccc(Cl)s1. The zero-order valence-electron chi connectivity index (χ0n) is 13.1. The molecule has 1 aromatic carbocycles. The number of halogens is 1. The second kappa shape index (κ2) is 6.63. The first-order valence-electron chi connectivity index (χ1n) is 6.98. The fraction of sp³-hybridized carbons (Fsp3) is 0.294. The van der Waals surface area contributed by atoms with Crippen LogP contribution in [0, 0.1) is 0 Å². The van der Waals surface area contributed by atoms with E-state index in [4.69, 9.17) is 11.6 Å². The van der Waals surface area contributed by atoms with E-state index in [1.165, 1.54) is 16.9 Å². The summed E-state index contributed by atoms with van der Waals surface area (Å²) in [6, 6.07) is 11.3. The highest BCUT2D eigenvalue weighted by atomic mass is 35.5. The number of hydrogen-bond donors (Lipinski definition) is 1. The van der Waals surface area contributed by atoms with E-state index in [1.54, 1.807) is 0 Å². The van der Waals surface area contributed by atoms with Gasteiger partial charge >= 0.3 is 0 Å². The van der Waals surface area contributed by atoms with E-state index >= 15 is 0 Å². The van der Waals surface area contributed by atoms with Gasteiger partial charge in [0.25, 0.3) is 5.91 Å². The van der Waals surface area contributed by atoms with E-state index in [0.29, 0.717) is 9.90 Å². The van der Waals surface area contributed by atoms with Crippen LogP contribution in [-0.4, -0.2) is 11.6 Å². The number of nitrogens with zero attached hydrogens (tertiary/aromatic N) is 1. The number of benzene rings is 1. The smallest absolute Gasteiger partial charge is 0.267 e. The van der Waals surface area contributed by atoms with Crippen molar-refractivity contribution in [1.29, 1.82) is 0 Å². The Labute approximate surface area is 140 Å². The van der Waals surface area contributed by atoms with Crippen LogP contribution in [0.3, 0.4) is 0 Å². The predicted octanol–water partition coefficient (Wildman–Crippen LogP) is 4.85. The number of carbonyl (C=O) groups excluding carboxylic acids is 1. The fourth-order valence-corrected chi connectivity index (χ4v) is 2.87. The monoisotopic (exact) mass is 334 g/mol. The first-order valence-corrected chi connectivity index (χ1v) is 8.18. The minimum atomic E-state index is -0.220. The summed E-state index contributed by atoms with van der Waals surface area (Å²) in [6.07, 6.45) is 0. The van der Waals surface area contributed by atoms with Crippen LogP contribution < -0.4 is 5.43 Å². The van der Waals surface area contributed by atoms with Crippen LogP contribution in [0.4, 0.5) is 0 Å². The van der Waals surface area contributed by atoms with E-state index in [9.17, 15) is 4.79 Å². The van der Waals surface area contributed by atoms with E-state index < -0.39 is 0 Å². The Kier molecular flexibility index (Phi) is 5.04. The molecule has 1 aromatic heterocycles. The van der Waals surface area contributed by atoms with Gasteiger partial charge in [0.2, 0.25) is 0 Å². The third-order valence-electron chi connectivity index (χ3n) is 3.27. The summed E-state index contributed by atoms with van der Waals surface area (Å²) in [6.45, 7) is 8.26. The Morgan fingerprint density at radius 3 is 2.27 bits per heavy atom. The molecule has 3 nitrogen and oxygen atoms in total. The van der Waals surface area contributed by atoms with E-state index in [1.807, 2.05) is 43.3 Å². The molecule has 0 atom stereocenters. The molecule has 116 valence electrons. The Hall–Kier alpha value is -1.65. The van der Waals surface area contributed by atoms with Crippen molar-refractivity contribution in [3.8, 4) is 0 Å². The molecule has 0 aliphatic heterocycles. The number of rotatable bonds is 3. The lowest BCUT2D eigenvalue weighted by atomic mass is 9.87. The lowest BCUT2D eigenvalue weighted by Crippen LogP contribution is -2.19. The maximum absolute atomic E-state index is 12.1. The van der Waals surface area contributed by atoms with Crippen LogP contribution >= 0.6 is 22.9 Å². The van der Waals surface area contributed by atoms with Crippen molar-refractivity contribution < 1.29 is 4.79 Å². The predicted molar refractivity (Wildman–Crippen MR) is 94.1 cm³/mol. The summed E-state index contributed by atoms with van der Waals surface area (Å²) in [5.74, 6) is -0.220. The lowest BCUT2D eigenvalue weighted by Gasteiger charge is -2.18. The normalized spacial score (nSPS) is 12.3. The maximum Gasteiger partial charge on any atom is 0.271 e. The average Bonchev–Trinajstić information content (AvgIpc) is 2.90. The Morgan fingerprint density at radius 1 is 1.14 bits per heavy atom. The van der Waals surface area contributed by atoms with Gasteiger partial charge in [0.15, 0.2) is 0 Å². The van der Waals surface area contributed by atoms with Crippen LogP contribution in [0.2, 0.25) is 4.34 Å². The molecule has 2 aromatic rings. The highest BCUT2D eigenvalue weighted by Gasteiger charge is 2.14. The Morgan fingerprint density at radius 2 is 1.77 bits per heavy atom. The molecule has 5 heteroatoms. The van der Waals surface area contributed by atoms with Crippen molar-refractivity contribution in [2.75, 3.05) is 0 Å². The minimum Gasteiger partial charge on any atom is -0.267 e. The molecule has 0 fully saturated rings. The van der Waals surface area contributed by atoms with Crippen LogP contribution in [0.5, 0.6) is 0 Å². The highest BCUT2D eigenvalue weighted by Crippen LogP contribution is 2.23. The summed E-state index contributed by atoms with van der Waals surface area (Å²) in [7, 11) is 0. The zero-order chi connectivity index (χ0) is 16.3. The van der Waals surface area contributed by atoms with E-state index in [2.05, 4.69) is 31.3 Å². The Balaban J connectivity index is 2.06. The second-order valence-electron chi connectivity index (χ2n) is 6.07. The number of nitrogens with one attached hydrogen (secondary N) is 1. The number of thiophene rings is 1. The topological polar surface area (TPSA) is 41.5 Å². The largest absolute Gasteiger partial charge is 0.271 e. The van der Waals surface area contributed by atoms with Crippen molar-refractivity contribution in [3.63, 3.8) is 0 Å². The van der Waals surface area contributed by atoms with E-state index in [0.717, 1.165) is 10.6 Å². The van der Waals surface area contributed by atoms with Gasteiger partial charge in [0.05, 0.1) is 14.9 Å². The summed E-state index contributed by atoms with van der Waals surface area (Å²) >= 11 is 7.32. The molecule has 1 amide bonds. The number of carbonyl (C=O) groups is 1. The molecule has 1 N–H and O–H groups in total. The molecule has 0 saturated heterocycles. The average molecular weight is 335 g/mol. The number of amides is 1. The lowest BCUT2D eigenvalue weighted by molar-refractivity contribution is 0.0955. The minimum absolute atomic E-state index is 0.0716. The molecule has 0 radical (unpaired) electrons. The summed E-state index contributed by atoms with van der Waals surface area (Å²) < 4.78 is 0.702. The number of hydrazone groups is 1. The standard InChI is InChI=1S/C17H19ClN2OS/c1-11(14-9-10-15(18)22-14)19-20-16(21)12-5-7-13(8-6-12)17(2,3)4/h5-10H,1-4H3,(H,20,21)/b19-11-. The molecular formula is C17H19ClN2OS. The quantitative estimate of drug-likeness (QED) is 0.632. The maximum atomic E-state index is 12.1. The molecular weight excluding hydrogens is 316 g/mol. The highest BCUT2D eigenvalue weighted by molar-refractivity contribution is 7.18. The molecule has 2 rings (SSSR count). The van der Waals surface area contributed by atoms with Crippen LogP contribution in [0.15, 0.2) is 41.5 Å². The molecule has 1 heterocycles. The Bertz CT molecular complexity index is 696. The first-order chi connectivity index (χ1) is 10.3. The van der Waals surface area contributed by atoms with Crippen molar-refractivity contribution >= 4 is 34.6 Å². The number of hydrogen-bond acceptors (Lipinski definition) is 3. The van der Waals surface area contributed by atoms with Gasteiger partial charge in [-0.1, -0.05) is 44.5 Å². The van der Waals surface area contributed by atoms with Gasteiger partial charge in [0.1, 0.15) is 0 Å². The molecule has 0 bridgehead atoms. The van der Waals surface area contributed by atoms with Crippen molar-refractivity contribution in [3.05, 3.63) is 56.7 Å². The van der Waals surface area contributed by atoms with Gasteiger partial charge in [-0.15, -0.1) is 11.3 Å². The molecule has 0 saturated carbocycles. The van der Waals surface area contributed by atoms with Gasteiger partial charge in [-0.25, -0.2) is 5.43 Å². The summed E-state index contributed by atoms with van der Waals surface area (Å²) in [5.41, 5.74) is 5.16. The summed E-state index contributed by atoms with van der Waals surface area (Å²) in [5, 5.41) is 4.12. The zero-order valence-corrected chi connectivity index (χ0v) is 14.7. The van der Waals surface area contributed by atoms with Gasteiger partial charge in [-0.05, 0) is 42.2 Å². The fourth-order valence-electron chi connectivity index (χ4n) is 1.88. The van der Waals surface area contributed by atoms with Crippen molar-refractivity contribution in [2.45, 2.75) is 33.1 Å². The third kappa shape index (κ3) is 4.18. The second-order valence-corrected chi connectivity index (χ2v) is 7.78. The third-order valence-corrected chi connectivity index (χ3v) is 4.61. The van der Waals surface area contributed by atoms with Crippen LogP contribution in [0.25, 0.3) is 0 Å². The molecule has 0 spiro atoms. The van der Waals surface area contributed by atoms with Crippen LogP contribution in [0.1, 0.15) is 48.5 Å². The van der Waals surface area contributed by atoms with E-state index in [-0.39, 0.29) is 11.3 Å². The summed E-state index contributed by atoms with van der Waals surface area (Å²) in [4.78, 5) is 13.0. The van der Waals surface area contributed by atoms with Gasteiger partial charge in [-0.3, -0.25) is 4.79 Å². The first kappa shape index (κ1) is 16.7. The molecule has 0 aliphatic carbocycles. The van der Waals surface area contributed by atoms with Crippen molar-refractivity contribution in [1.82, 2.24) is 5.43 Å². The van der Waals surface area contributed by atoms with Gasteiger partial charge in [0, 0.05) is 5.56 Å². The molecule has 0 aliphatic rings.